The molecule has 0 saturated carbocycles. The first-order valence-electron chi connectivity index (χ1n) is 9.82. The topological polar surface area (TPSA) is 28.6 Å². The van der Waals surface area contributed by atoms with Crippen molar-refractivity contribution >= 4 is 17.4 Å². The van der Waals surface area contributed by atoms with Crippen molar-refractivity contribution in [3.05, 3.63) is 52.8 Å². The summed E-state index contributed by atoms with van der Waals surface area (Å²) in [4.78, 5) is 9.37. The van der Waals surface area contributed by atoms with Crippen LogP contribution < -0.4 is 9.64 Å². The lowest BCUT2D eigenvalue weighted by Gasteiger charge is -2.33. The van der Waals surface area contributed by atoms with Gasteiger partial charge in [-0.3, -0.25) is 9.88 Å². The van der Waals surface area contributed by atoms with Gasteiger partial charge in [0.15, 0.2) is 0 Å². The Morgan fingerprint density at radius 3 is 2.74 bits per heavy atom. The summed E-state index contributed by atoms with van der Waals surface area (Å²) in [6, 6.07) is 11.2. The van der Waals surface area contributed by atoms with Gasteiger partial charge in [0.05, 0.1) is 12.2 Å². The van der Waals surface area contributed by atoms with Gasteiger partial charge < -0.3 is 9.64 Å². The van der Waals surface area contributed by atoms with Crippen LogP contribution in [0, 0.1) is 13.8 Å². The zero-order valence-corrected chi connectivity index (χ0v) is 17.4. The molecule has 27 heavy (non-hydrogen) atoms. The molecule has 5 heteroatoms. The van der Waals surface area contributed by atoms with Crippen LogP contribution in [0.25, 0.3) is 0 Å². The zero-order chi connectivity index (χ0) is 18.8. The lowest BCUT2D eigenvalue weighted by atomic mass is 10.1. The molecular formula is C22H29N3OS. The standard InChI is InChI=1S/C22H29N3OS/c1-16-10-19(11-17(2)23-16)12-20-15-25(7-9-27-20)14-18-4-5-21-22(13-18)26-8-6-24(21)3/h4-5,10-11,13,20H,6-9,12,14-15H2,1-3H3. The van der Waals surface area contributed by atoms with Crippen LogP contribution in [-0.4, -0.2) is 54.2 Å². The summed E-state index contributed by atoms with van der Waals surface area (Å²) in [6.07, 6.45) is 1.13. The number of aromatic nitrogens is 1. The summed E-state index contributed by atoms with van der Waals surface area (Å²) < 4.78 is 5.88. The number of aryl methyl sites for hydroxylation is 2. The molecule has 1 aromatic carbocycles. The van der Waals surface area contributed by atoms with Crippen molar-refractivity contribution in [2.75, 3.05) is 43.9 Å². The van der Waals surface area contributed by atoms with Crippen LogP contribution in [0.2, 0.25) is 0 Å². The van der Waals surface area contributed by atoms with Gasteiger partial charge in [-0.05, 0) is 55.7 Å². The average Bonchev–Trinajstić information content (AvgIpc) is 2.61. The number of rotatable bonds is 4. The molecule has 2 aliphatic rings. The van der Waals surface area contributed by atoms with Gasteiger partial charge in [0, 0.05) is 49.1 Å². The van der Waals surface area contributed by atoms with Gasteiger partial charge in [-0.15, -0.1) is 0 Å². The highest BCUT2D eigenvalue weighted by Gasteiger charge is 2.22. The van der Waals surface area contributed by atoms with Crippen molar-refractivity contribution in [2.24, 2.45) is 0 Å². The van der Waals surface area contributed by atoms with Crippen LogP contribution >= 0.6 is 11.8 Å². The molecule has 1 atom stereocenters. The molecule has 0 N–H and O–H groups in total. The number of anilines is 1. The van der Waals surface area contributed by atoms with Gasteiger partial charge in [0.25, 0.3) is 0 Å². The second kappa shape index (κ2) is 8.11. The van der Waals surface area contributed by atoms with E-state index in [1.165, 1.54) is 22.6 Å². The smallest absolute Gasteiger partial charge is 0.143 e. The lowest BCUT2D eigenvalue weighted by molar-refractivity contribution is 0.272. The number of benzene rings is 1. The Morgan fingerprint density at radius 1 is 1.11 bits per heavy atom. The largest absolute Gasteiger partial charge is 0.490 e. The summed E-state index contributed by atoms with van der Waals surface area (Å²) >= 11 is 2.11. The Labute approximate surface area is 166 Å². The molecule has 0 spiro atoms. The molecule has 1 aromatic heterocycles. The Bertz CT molecular complexity index is 790. The maximum Gasteiger partial charge on any atom is 0.143 e. The fraction of sp³-hybridized carbons (Fsp3) is 0.500. The molecule has 1 fully saturated rings. The molecule has 2 aliphatic heterocycles. The Balaban J connectivity index is 1.40. The van der Waals surface area contributed by atoms with E-state index >= 15 is 0 Å². The molecule has 1 saturated heterocycles. The normalized spacial score (nSPS) is 20.3. The molecule has 4 rings (SSSR count). The first kappa shape index (κ1) is 18.6. The minimum atomic E-state index is 0.653. The number of likely N-dealkylation sites (N-methyl/N-ethyl adjacent to an activating group) is 1. The van der Waals surface area contributed by atoms with Gasteiger partial charge in [-0.1, -0.05) is 6.07 Å². The zero-order valence-electron chi connectivity index (χ0n) is 16.6. The molecular weight excluding hydrogens is 354 g/mol. The van der Waals surface area contributed by atoms with E-state index in [-0.39, 0.29) is 0 Å². The molecule has 0 aliphatic carbocycles. The monoisotopic (exact) mass is 383 g/mol. The van der Waals surface area contributed by atoms with Crippen molar-refractivity contribution < 1.29 is 4.74 Å². The molecule has 4 nitrogen and oxygen atoms in total. The second-order valence-corrected chi connectivity index (χ2v) is 9.17. The number of thioether (sulfide) groups is 1. The maximum absolute atomic E-state index is 5.88. The predicted octanol–water partition coefficient (Wildman–Crippen LogP) is 3.69. The Kier molecular flexibility index (Phi) is 5.60. The molecule has 3 heterocycles. The number of hydrogen-bond acceptors (Lipinski definition) is 5. The number of ether oxygens (including phenoxy) is 1. The van der Waals surface area contributed by atoms with Crippen molar-refractivity contribution in [1.29, 1.82) is 0 Å². The van der Waals surface area contributed by atoms with Crippen LogP contribution in [0.1, 0.15) is 22.5 Å². The Hall–Kier alpha value is -1.72. The summed E-state index contributed by atoms with van der Waals surface area (Å²) in [6.45, 7) is 9.23. The summed E-state index contributed by atoms with van der Waals surface area (Å²) in [5, 5.41) is 0.653. The quantitative estimate of drug-likeness (QED) is 0.803. The fourth-order valence-corrected chi connectivity index (χ4v) is 5.43. The van der Waals surface area contributed by atoms with E-state index in [0.29, 0.717) is 5.25 Å². The van der Waals surface area contributed by atoms with Crippen molar-refractivity contribution in [1.82, 2.24) is 9.88 Å². The highest BCUT2D eigenvalue weighted by Crippen LogP contribution is 2.32. The SMILES string of the molecule is Cc1cc(CC2CN(Cc3ccc4c(c3)OCCN4C)CCS2)cc(C)n1. The molecule has 0 amide bonds. The summed E-state index contributed by atoms with van der Waals surface area (Å²) in [7, 11) is 2.13. The number of nitrogens with zero attached hydrogens (tertiary/aromatic N) is 3. The van der Waals surface area contributed by atoms with E-state index in [0.717, 1.165) is 56.3 Å². The number of pyridine rings is 1. The van der Waals surface area contributed by atoms with Gasteiger partial charge >= 0.3 is 0 Å². The molecule has 1 unspecified atom stereocenters. The Morgan fingerprint density at radius 2 is 1.93 bits per heavy atom. The van der Waals surface area contributed by atoms with Crippen LogP contribution in [0.15, 0.2) is 30.3 Å². The highest BCUT2D eigenvalue weighted by atomic mass is 32.2. The minimum absolute atomic E-state index is 0.653. The van der Waals surface area contributed by atoms with Crippen LogP contribution in [-0.2, 0) is 13.0 Å². The molecule has 0 radical (unpaired) electrons. The summed E-state index contributed by atoms with van der Waals surface area (Å²) in [5.74, 6) is 2.24. The van der Waals surface area contributed by atoms with Gasteiger partial charge in [0.1, 0.15) is 12.4 Å². The average molecular weight is 384 g/mol. The van der Waals surface area contributed by atoms with Gasteiger partial charge in [0.2, 0.25) is 0 Å². The third-order valence-corrected chi connectivity index (χ3v) is 6.56. The fourth-order valence-electron chi connectivity index (χ4n) is 4.11. The summed E-state index contributed by atoms with van der Waals surface area (Å²) in [5.41, 5.74) is 6.23. The van der Waals surface area contributed by atoms with E-state index in [1.807, 2.05) is 0 Å². The van der Waals surface area contributed by atoms with E-state index in [9.17, 15) is 0 Å². The molecule has 144 valence electrons. The third kappa shape index (κ3) is 4.58. The van der Waals surface area contributed by atoms with E-state index in [1.54, 1.807) is 0 Å². The first-order chi connectivity index (χ1) is 13.1. The van der Waals surface area contributed by atoms with E-state index in [4.69, 9.17) is 4.74 Å². The minimum Gasteiger partial charge on any atom is -0.490 e. The number of hydrogen-bond donors (Lipinski definition) is 0. The first-order valence-corrected chi connectivity index (χ1v) is 10.9. The lowest BCUT2D eigenvalue weighted by Crippen LogP contribution is -2.38. The van der Waals surface area contributed by atoms with Gasteiger partial charge in [-0.2, -0.15) is 11.8 Å². The van der Waals surface area contributed by atoms with Crippen molar-refractivity contribution in [3.8, 4) is 5.75 Å². The van der Waals surface area contributed by atoms with Crippen molar-refractivity contribution in [3.63, 3.8) is 0 Å². The van der Waals surface area contributed by atoms with Crippen molar-refractivity contribution in [2.45, 2.75) is 32.1 Å². The van der Waals surface area contributed by atoms with Crippen LogP contribution in [0.5, 0.6) is 5.75 Å². The maximum atomic E-state index is 5.88. The van der Waals surface area contributed by atoms with E-state index < -0.39 is 0 Å². The molecule has 2 aromatic rings. The second-order valence-electron chi connectivity index (χ2n) is 7.76. The third-order valence-electron chi connectivity index (χ3n) is 5.35. The van der Waals surface area contributed by atoms with Gasteiger partial charge in [-0.25, -0.2) is 0 Å². The van der Waals surface area contributed by atoms with E-state index in [2.05, 4.69) is 77.8 Å². The van der Waals surface area contributed by atoms with Crippen LogP contribution in [0.4, 0.5) is 5.69 Å². The highest BCUT2D eigenvalue weighted by molar-refractivity contribution is 8.00. The number of fused-ring (bicyclic) bond motifs is 1. The predicted molar refractivity (Wildman–Crippen MR) is 114 cm³/mol. The molecule has 0 bridgehead atoms. The van der Waals surface area contributed by atoms with Crippen LogP contribution in [0.3, 0.4) is 0 Å².